The van der Waals surface area contributed by atoms with Crippen LogP contribution in [0.4, 0.5) is 13.2 Å². The van der Waals surface area contributed by atoms with E-state index in [0.29, 0.717) is 6.07 Å². The van der Waals surface area contributed by atoms with Crippen LogP contribution in [-0.2, 0) is 0 Å². The SMILES string of the molecule is C#Cc1cc(F)c(F)c(O)c1F. The number of phenolic OH excluding ortho intramolecular Hbond substituents is 1. The summed E-state index contributed by atoms with van der Waals surface area (Å²) in [7, 11) is 0. The second-order valence-electron chi connectivity index (χ2n) is 2.03. The molecule has 4 heteroatoms. The minimum absolute atomic E-state index is 0.504. The molecule has 1 N–H and O–H groups in total. The van der Waals surface area contributed by atoms with Gasteiger partial charge < -0.3 is 5.11 Å². The van der Waals surface area contributed by atoms with E-state index >= 15 is 0 Å². The molecule has 62 valence electrons. The molecule has 0 aliphatic carbocycles. The largest absolute Gasteiger partial charge is 0.503 e. The highest BCUT2D eigenvalue weighted by molar-refractivity contribution is 5.41. The molecular formula is C8H3F3O. The zero-order valence-corrected chi connectivity index (χ0v) is 5.74. The van der Waals surface area contributed by atoms with Gasteiger partial charge in [-0.25, -0.2) is 8.78 Å². The lowest BCUT2D eigenvalue weighted by Crippen LogP contribution is -1.92. The van der Waals surface area contributed by atoms with E-state index in [0.717, 1.165) is 0 Å². The van der Waals surface area contributed by atoms with E-state index in [1.165, 1.54) is 0 Å². The molecule has 0 saturated heterocycles. The summed E-state index contributed by atoms with van der Waals surface area (Å²) in [6.45, 7) is 0. The molecule has 1 aromatic carbocycles. The molecule has 0 radical (unpaired) electrons. The second-order valence-corrected chi connectivity index (χ2v) is 2.03. The van der Waals surface area contributed by atoms with E-state index in [1.807, 2.05) is 0 Å². The lowest BCUT2D eigenvalue weighted by molar-refractivity contribution is 0.375. The maximum Gasteiger partial charge on any atom is 0.203 e. The van der Waals surface area contributed by atoms with Gasteiger partial charge in [-0.2, -0.15) is 4.39 Å². The van der Waals surface area contributed by atoms with E-state index in [2.05, 4.69) is 0 Å². The van der Waals surface area contributed by atoms with Crippen molar-refractivity contribution in [1.29, 1.82) is 0 Å². The Morgan fingerprint density at radius 3 is 2.33 bits per heavy atom. The summed E-state index contributed by atoms with van der Waals surface area (Å²) in [6, 6.07) is 0.504. The number of rotatable bonds is 0. The highest BCUT2D eigenvalue weighted by Crippen LogP contribution is 2.24. The number of aromatic hydroxyl groups is 1. The van der Waals surface area contributed by atoms with Gasteiger partial charge in [-0.05, 0) is 6.07 Å². The first-order valence-electron chi connectivity index (χ1n) is 2.91. The Hall–Kier alpha value is -1.63. The standard InChI is InChI=1S/C8H3F3O/c1-2-4-3-5(9)7(11)8(12)6(4)10/h1,3,12H. The third-order valence-corrected chi connectivity index (χ3v) is 1.29. The summed E-state index contributed by atoms with van der Waals surface area (Å²) in [4.78, 5) is 0. The Kier molecular flexibility index (Phi) is 1.96. The fourth-order valence-corrected chi connectivity index (χ4v) is 0.695. The van der Waals surface area contributed by atoms with Crippen LogP contribution in [0.3, 0.4) is 0 Å². The van der Waals surface area contributed by atoms with Crippen LogP contribution >= 0.6 is 0 Å². The first kappa shape index (κ1) is 8.47. The zero-order valence-electron chi connectivity index (χ0n) is 5.74. The molecule has 0 amide bonds. The fourth-order valence-electron chi connectivity index (χ4n) is 0.695. The van der Waals surface area contributed by atoms with Crippen LogP contribution in [0.5, 0.6) is 5.75 Å². The summed E-state index contributed by atoms with van der Waals surface area (Å²) in [5.74, 6) is -3.95. The number of hydrogen-bond donors (Lipinski definition) is 1. The molecule has 0 fully saturated rings. The lowest BCUT2D eigenvalue weighted by atomic mass is 10.2. The van der Waals surface area contributed by atoms with Crippen LogP contribution in [0.25, 0.3) is 0 Å². The summed E-state index contributed by atoms with van der Waals surface area (Å²) < 4.78 is 37.4. The van der Waals surface area contributed by atoms with Gasteiger partial charge in [-0.3, -0.25) is 0 Å². The molecule has 0 aliphatic rings. The Bertz CT molecular complexity index is 366. The highest BCUT2D eigenvalue weighted by Gasteiger charge is 2.16. The van der Waals surface area contributed by atoms with Gasteiger partial charge in [0.2, 0.25) is 5.82 Å². The number of benzene rings is 1. The Labute approximate surface area is 66.5 Å². The van der Waals surface area contributed by atoms with Crippen molar-refractivity contribution in [3.05, 3.63) is 29.1 Å². The predicted octanol–water partition coefficient (Wildman–Crippen LogP) is 1.79. The zero-order chi connectivity index (χ0) is 9.30. The Morgan fingerprint density at radius 1 is 1.25 bits per heavy atom. The molecule has 0 unspecified atom stereocenters. The summed E-state index contributed by atoms with van der Waals surface area (Å²) in [5.41, 5.74) is -0.508. The van der Waals surface area contributed by atoms with Crippen molar-refractivity contribution in [1.82, 2.24) is 0 Å². The molecule has 12 heavy (non-hydrogen) atoms. The number of halogens is 3. The third-order valence-electron chi connectivity index (χ3n) is 1.29. The van der Waals surface area contributed by atoms with Crippen molar-refractivity contribution in [3.8, 4) is 18.1 Å². The third kappa shape index (κ3) is 1.10. The second kappa shape index (κ2) is 2.78. The minimum Gasteiger partial charge on any atom is -0.503 e. The maximum atomic E-state index is 12.6. The number of hydrogen-bond acceptors (Lipinski definition) is 1. The van der Waals surface area contributed by atoms with E-state index in [-0.39, 0.29) is 0 Å². The highest BCUT2D eigenvalue weighted by atomic mass is 19.2. The molecule has 0 aliphatic heterocycles. The maximum absolute atomic E-state index is 12.6. The van der Waals surface area contributed by atoms with E-state index in [1.54, 1.807) is 5.92 Å². The van der Waals surface area contributed by atoms with Crippen molar-refractivity contribution in [3.63, 3.8) is 0 Å². The van der Waals surface area contributed by atoms with Crippen molar-refractivity contribution in [2.24, 2.45) is 0 Å². The molecular weight excluding hydrogens is 169 g/mol. The topological polar surface area (TPSA) is 20.2 Å². The molecule has 0 spiro atoms. The molecule has 0 heterocycles. The average molecular weight is 172 g/mol. The molecule has 1 aromatic rings. The molecule has 1 nitrogen and oxygen atoms in total. The summed E-state index contributed by atoms with van der Waals surface area (Å²) >= 11 is 0. The van der Waals surface area contributed by atoms with Crippen LogP contribution in [0.15, 0.2) is 6.07 Å². The van der Waals surface area contributed by atoms with E-state index in [9.17, 15) is 13.2 Å². The van der Waals surface area contributed by atoms with Gasteiger partial charge in [0.05, 0.1) is 5.56 Å². The van der Waals surface area contributed by atoms with Crippen molar-refractivity contribution in [2.45, 2.75) is 0 Å². The van der Waals surface area contributed by atoms with Gasteiger partial charge >= 0.3 is 0 Å². The minimum atomic E-state index is -1.63. The smallest absolute Gasteiger partial charge is 0.203 e. The predicted molar refractivity (Wildman–Crippen MR) is 35.9 cm³/mol. The molecule has 0 atom stereocenters. The van der Waals surface area contributed by atoms with E-state index < -0.39 is 28.8 Å². The summed E-state index contributed by atoms with van der Waals surface area (Å²) in [5, 5.41) is 8.61. The first-order valence-corrected chi connectivity index (χ1v) is 2.91. The van der Waals surface area contributed by atoms with Gasteiger partial charge in [0.1, 0.15) is 0 Å². The normalized spacial score (nSPS) is 9.50. The molecule has 0 saturated carbocycles. The summed E-state index contributed by atoms with van der Waals surface area (Å²) in [6.07, 6.45) is 4.75. The molecule has 0 bridgehead atoms. The Morgan fingerprint density at radius 2 is 1.83 bits per heavy atom. The van der Waals surface area contributed by atoms with Crippen LogP contribution in [0.1, 0.15) is 5.56 Å². The van der Waals surface area contributed by atoms with Crippen LogP contribution in [0.2, 0.25) is 0 Å². The van der Waals surface area contributed by atoms with Crippen molar-refractivity contribution < 1.29 is 18.3 Å². The van der Waals surface area contributed by atoms with E-state index in [4.69, 9.17) is 11.5 Å². The van der Waals surface area contributed by atoms with Crippen LogP contribution in [0, 0.1) is 29.8 Å². The van der Waals surface area contributed by atoms with Crippen molar-refractivity contribution >= 4 is 0 Å². The van der Waals surface area contributed by atoms with Crippen molar-refractivity contribution in [2.75, 3.05) is 0 Å². The molecule has 0 aromatic heterocycles. The van der Waals surface area contributed by atoms with Gasteiger partial charge in [0.25, 0.3) is 0 Å². The Balaban J connectivity index is 3.52. The van der Waals surface area contributed by atoms with Gasteiger partial charge in [0.15, 0.2) is 17.4 Å². The monoisotopic (exact) mass is 172 g/mol. The van der Waals surface area contributed by atoms with Gasteiger partial charge in [0, 0.05) is 0 Å². The van der Waals surface area contributed by atoms with Gasteiger partial charge in [-0.15, -0.1) is 6.42 Å². The first-order chi connectivity index (χ1) is 5.57. The fraction of sp³-hybridized carbons (Fsp3) is 0. The quantitative estimate of drug-likeness (QED) is 0.467. The lowest BCUT2D eigenvalue weighted by Gasteiger charge is -2.00. The van der Waals surface area contributed by atoms with Crippen LogP contribution < -0.4 is 0 Å². The molecule has 1 rings (SSSR count). The number of phenols is 1. The van der Waals surface area contributed by atoms with Crippen LogP contribution in [-0.4, -0.2) is 5.11 Å². The van der Waals surface area contributed by atoms with Gasteiger partial charge in [-0.1, -0.05) is 5.92 Å². The number of terminal acetylenes is 1. The average Bonchev–Trinajstić information content (AvgIpc) is 2.08.